The van der Waals surface area contributed by atoms with Gasteiger partial charge in [-0.05, 0) is 49.7 Å². The second kappa shape index (κ2) is 10.4. The number of nitrogens with zero attached hydrogens (tertiary/aromatic N) is 5. The number of fused-ring (bicyclic) bond motifs is 1. The van der Waals surface area contributed by atoms with E-state index in [-0.39, 0.29) is 23.7 Å². The summed E-state index contributed by atoms with van der Waals surface area (Å²) >= 11 is 0. The van der Waals surface area contributed by atoms with Crippen LogP contribution in [0.1, 0.15) is 18.4 Å². The number of phenols is 1. The fourth-order valence-corrected chi connectivity index (χ4v) is 4.63. The lowest BCUT2D eigenvalue weighted by Crippen LogP contribution is -2.42. The number of nitriles is 1. The summed E-state index contributed by atoms with van der Waals surface area (Å²) < 4.78 is 21.8. The maximum Gasteiger partial charge on any atom is 0.211 e. The Hall–Kier alpha value is -3.87. The normalized spacial score (nSPS) is 13.9. The summed E-state index contributed by atoms with van der Waals surface area (Å²) in [6, 6.07) is 11.9. The summed E-state index contributed by atoms with van der Waals surface area (Å²) in [6.07, 6.45) is 5.52. The molecule has 0 atom stereocenters. The van der Waals surface area contributed by atoms with Crippen LogP contribution in [-0.4, -0.2) is 52.8 Å². The molecular weight excluding hydrogens is 483 g/mol. The minimum absolute atomic E-state index is 0. The smallest absolute Gasteiger partial charge is 0.211 e. The first kappa shape index (κ1) is 25.2. The van der Waals surface area contributed by atoms with E-state index in [1.807, 2.05) is 29.8 Å². The van der Waals surface area contributed by atoms with E-state index in [9.17, 15) is 14.8 Å². The maximum absolute atomic E-state index is 14.7. The monoisotopic (exact) mass is 508 g/mol. The summed E-state index contributed by atoms with van der Waals surface area (Å²) in [7, 11) is 3.46. The van der Waals surface area contributed by atoms with Crippen LogP contribution in [0.5, 0.6) is 11.5 Å². The van der Waals surface area contributed by atoms with Crippen molar-refractivity contribution in [1.82, 2.24) is 19.7 Å². The molecule has 10 heteroatoms. The lowest BCUT2D eigenvalue weighted by atomic mass is 9.98. The van der Waals surface area contributed by atoms with Gasteiger partial charge in [0.05, 0.1) is 23.9 Å². The van der Waals surface area contributed by atoms with Gasteiger partial charge >= 0.3 is 0 Å². The van der Waals surface area contributed by atoms with Crippen molar-refractivity contribution in [3.8, 4) is 40.0 Å². The molecule has 186 valence electrons. The number of piperidine rings is 1. The Morgan fingerprint density at radius 3 is 2.56 bits per heavy atom. The number of methoxy groups -OCH3 is 1. The van der Waals surface area contributed by atoms with Gasteiger partial charge in [0.2, 0.25) is 5.95 Å². The molecule has 1 aliphatic rings. The van der Waals surface area contributed by atoms with Crippen molar-refractivity contribution in [3.63, 3.8) is 0 Å². The molecule has 0 bridgehead atoms. The average molecular weight is 509 g/mol. The number of hydrogen-bond donors (Lipinski definition) is 2. The SMILES string of the molecule is CNC1CCN(c2nc(-c3ccc(C#N)c(F)c3)c(-c3ccc(OC)c(O)c3)c3nccn23)CC1.Cl. The van der Waals surface area contributed by atoms with Gasteiger partial charge in [0.1, 0.15) is 17.5 Å². The Kier molecular flexibility index (Phi) is 7.29. The van der Waals surface area contributed by atoms with Crippen LogP contribution in [0.15, 0.2) is 48.8 Å². The van der Waals surface area contributed by atoms with Crippen molar-refractivity contribution in [2.24, 2.45) is 0 Å². The third kappa shape index (κ3) is 4.41. The zero-order valence-corrected chi connectivity index (χ0v) is 20.7. The average Bonchev–Trinajstić information content (AvgIpc) is 3.37. The van der Waals surface area contributed by atoms with Gasteiger partial charge in [-0.3, -0.25) is 4.40 Å². The fraction of sp³-hybridized carbons (Fsp3) is 0.269. The van der Waals surface area contributed by atoms with E-state index in [0.717, 1.165) is 25.9 Å². The van der Waals surface area contributed by atoms with Crippen molar-refractivity contribution < 1.29 is 14.2 Å². The molecule has 0 radical (unpaired) electrons. The van der Waals surface area contributed by atoms with E-state index in [0.29, 0.717) is 45.8 Å². The Bertz CT molecular complexity index is 1440. The number of phenolic OH excluding ortho intramolecular Hbond substituents is 1. The van der Waals surface area contributed by atoms with E-state index < -0.39 is 5.82 Å². The van der Waals surface area contributed by atoms with Crippen LogP contribution in [0.25, 0.3) is 28.0 Å². The molecule has 1 fully saturated rings. The second-order valence-corrected chi connectivity index (χ2v) is 8.50. The maximum atomic E-state index is 14.7. The number of anilines is 1. The molecule has 0 amide bonds. The van der Waals surface area contributed by atoms with Gasteiger partial charge in [-0.25, -0.2) is 14.4 Å². The molecule has 1 saturated heterocycles. The van der Waals surface area contributed by atoms with Crippen LogP contribution < -0.4 is 15.0 Å². The van der Waals surface area contributed by atoms with E-state index in [1.165, 1.54) is 19.2 Å². The van der Waals surface area contributed by atoms with E-state index >= 15 is 0 Å². The molecule has 0 unspecified atom stereocenters. The highest BCUT2D eigenvalue weighted by molar-refractivity contribution is 5.91. The molecule has 5 rings (SSSR count). The highest BCUT2D eigenvalue weighted by Crippen LogP contribution is 2.40. The van der Waals surface area contributed by atoms with Gasteiger partial charge in [0.15, 0.2) is 11.5 Å². The predicted octanol–water partition coefficient (Wildman–Crippen LogP) is 4.40. The Balaban J connectivity index is 0.00000304. The van der Waals surface area contributed by atoms with Gasteiger partial charge in [-0.1, -0.05) is 12.1 Å². The molecule has 2 aromatic heterocycles. The van der Waals surface area contributed by atoms with Crippen LogP contribution >= 0.6 is 12.4 Å². The van der Waals surface area contributed by atoms with Crippen molar-refractivity contribution in [2.45, 2.75) is 18.9 Å². The third-order valence-corrected chi connectivity index (χ3v) is 6.54. The first-order valence-electron chi connectivity index (χ1n) is 11.4. The number of nitrogens with one attached hydrogen (secondary N) is 1. The quantitative estimate of drug-likeness (QED) is 0.412. The van der Waals surface area contributed by atoms with Crippen LogP contribution in [-0.2, 0) is 0 Å². The molecule has 3 heterocycles. The van der Waals surface area contributed by atoms with E-state index in [1.54, 1.807) is 24.4 Å². The number of halogens is 2. The molecule has 36 heavy (non-hydrogen) atoms. The fourth-order valence-electron chi connectivity index (χ4n) is 4.63. The number of imidazole rings is 1. The third-order valence-electron chi connectivity index (χ3n) is 6.54. The first-order valence-corrected chi connectivity index (χ1v) is 11.4. The van der Waals surface area contributed by atoms with Crippen LogP contribution in [0.2, 0.25) is 0 Å². The molecule has 0 spiro atoms. The lowest BCUT2D eigenvalue weighted by Gasteiger charge is -2.33. The largest absolute Gasteiger partial charge is 0.504 e. The topological polar surface area (TPSA) is 98.7 Å². The van der Waals surface area contributed by atoms with Crippen molar-refractivity contribution >= 4 is 24.0 Å². The second-order valence-electron chi connectivity index (χ2n) is 8.50. The molecule has 1 aliphatic heterocycles. The van der Waals surface area contributed by atoms with Gasteiger partial charge < -0.3 is 20.1 Å². The summed E-state index contributed by atoms with van der Waals surface area (Å²) in [4.78, 5) is 11.9. The molecule has 2 N–H and O–H groups in total. The number of hydrogen-bond acceptors (Lipinski definition) is 7. The van der Waals surface area contributed by atoms with Crippen LogP contribution in [0.4, 0.5) is 10.3 Å². The number of aromatic hydroxyl groups is 1. The molecule has 8 nitrogen and oxygen atoms in total. The molecule has 2 aromatic carbocycles. The van der Waals surface area contributed by atoms with Gasteiger partial charge in [0, 0.05) is 37.1 Å². The molecule has 0 aliphatic carbocycles. The van der Waals surface area contributed by atoms with Gasteiger partial charge in [0.25, 0.3) is 0 Å². The summed E-state index contributed by atoms with van der Waals surface area (Å²) in [6.45, 7) is 1.63. The van der Waals surface area contributed by atoms with Crippen molar-refractivity contribution in [3.05, 3.63) is 60.2 Å². The van der Waals surface area contributed by atoms with Crippen molar-refractivity contribution in [1.29, 1.82) is 5.26 Å². The number of ether oxygens (including phenoxy) is 1. The summed E-state index contributed by atoms with van der Waals surface area (Å²) in [5.41, 5.74) is 2.94. The highest BCUT2D eigenvalue weighted by Gasteiger charge is 2.25. The van der Waals surface area contributed by atoms with Crippen LogP contribution in [0.3, 0.4) is 0 Å². The standard InChI is InChI=1S/C26H25FN6O2.ClH/c1-29-19-7-10-32(11-8-19)26-31-24(17-3-4-18(15-28)20(27)13-17)23(25-30-9-12-33(25)26)16-5-6-22(35-2)21(34)14-16;/h3-6,9,12-14,19,29,34H,7-8,10-11H2,1-2H3;1H. The number of benzene rings is 2. The van der Waals surface area contributed by atoms with E-state index in [4.69, 9.17) is 9.72 Å². The van der Waals surface area contributed by atoms with Gasteiger partial charge in [-0.2, -0.15) is 5.26 Å². The first-order chi connectivity index (χ1) is 17.0. The zero-order chi connectivity index (χ0) is 24.5. The van der Waals surface area contributed by atoms with Crippen molar-refractivity contribution in [2.75, 3.05) is 32.1 Å². The predicted molar refractivity (Wildman–Crippen MR) is 138 cm³/mol. The Morgan fingerprint density at radius 2 is 1.92 bits per heavy atom. The summed E-state index contributed by atoms with van der Waals surface area (Å²) in [5.74, 6) is 0.421. The number of rotatable bonds is 5. The van der Waals surface area contributed by atoms with E-state index in [2.05, 4.69) is 15.2 Å². The molecule has 4 aromatic rings. The highest BCUT2D eigenvalue weighted by atomic mass is 35.5. The Labute approximate surface area is 214 Å². The number of aromatic nitrogens is 3. The zero-order valence-electron chi connectivity index (χ0n) is 19.9. The Morgan fingerprint density at radius 1 is 1.17 bits per heavy atom. The minimum Gasteiger partial charge on any atom is -0.504 e. The minimum atomic E-state index is -0.616. The molecular formula is C26H26ClFN6O2. The molecule has 0 saturated carbocycles. The lowest BCUT2D eigenvalue weighted by molar-refractivity contribution is 0.373. The summed E-state index contributed by atoms with van der Waals surface area (Å²) in [5, 5.41) is 23.0. The van der Waals surface area contributed by atoms with Crippen LogP contribution in [0, 0.1) is 17.1 Å². The van der Waals surface area contributed by atoms with Gasteiger partial charge in [-0.15, -0.1) is 12.4 Å².